The molecule has 1 N–H and O–H groups in total. The summed E-state index contributed by atoms with van der Waals surface area (Å²) in [4.78, 5) is 38.2. The van der Waals surface area contributed by atoms with E-state index in [9.17, 15) is 9.59 Å². The Morgan fingerprint density at radius 3 is 2.64 bits per heavy atom. The molecule has 0 unspecified atom stereocenters. The molecule has 2 fully saturated rings. The monoisotopic (exact) mass is 579 g/mol. The van der Waals surface area contributed by atoms with Crippen LogP contribution in [0.5, 0.6) is 0 Å². The average molecular weight is 580 g/mol. The summed E-state index contributed by atoms with van der Waals surface area (Å²) in [5.41, 5.74) is 1.80. The topological polar surface area (TPSA) is 111 Å². The highest BCUT2D eigenvalue weighted by atomic mass is 19.1. The lowest BCUT2D eigenvalue weighted by molar-refractivity contribution is -0.146. The molecule has 1 saturated carbocycles. The Hall–Kier alpha value is -4.32. The number of morpholine rings is 1. The van der Waals surface area contributed by atoms with Gasteiger partial charge in [-0.25, -0.2) is 23.5 Å². The van der Waals surface area contributed by atoms with E-state index in [0.717, 1.165) is 5.56 Å². The summed E-state index contributed by atoms with van der Waals surface area (Å²) in [7, 11) is 1.32. The maximum absolute atomic E-state index is 15.8. The van der Waals surface area contributed by atoms with Crippen molar-refractivity contribution >= 4 is 17.7 Å². The molecule has 12 heteroatoms. The number of nitrogens with zero attached hydrogens (tertiary/aromatic N) is 4. The molecule has 1 atom stereocenters. The zero-order valence-corrected chi connectivity index (χ0v) is 23.6. The molecule has 42 heavy (non-hydrogen) atoms. The quantitative estimate of drug-likeness (QED) is 0.319. The minimum Gasteiger partial charge on any atom is -0.465 e. The zero-order chi connectivity index (χ0) is 29.6. The molecule has 2 aliphatic rings. The molecular formula is C30H31F2N5O5. The SMILES string of the molecule is CCOC(=O)C1(c2c[nH]c(-c3cc(F)c(-c4nc5cc(C)ccn5c4C[C@H]4CN(C(=O)OC)CCO4)c(F)c3)n2)CC1. The van der Waals surface area contributed by atoms with Crippen LogP contribution in [0.25, 0.3) is 28.3 Å². The summed E-state index contributed by atoms with van der Waals surface area (Å²) in [5, 5.41) is 0. The molecule has 0 spiro atoms. The number of esters is 1. The van der Waals surface area contributed by atoms with Crippen LogP contribution >= 0.6 is 0 Å². The van der Waals surface area contributed by atoms with Gasteiger partial charge in [-0.2, -0.15) is 0 Å². The third-order valence-corrected chi connectivity index (χ3v) is 7.91. The van der Waals surface area contributed by atoms with Crippen LogP contribution in [0.3, 0.4) is 0 Å². The number of nitrogens with one attached hydrogen (secondary N) is 1. The predicted molar refractivity (Wildman–Crippen MR) is 148 cm³/mol. The lowest BCUT2D eigenvalue weighted by Crippen LogP contribution is -2.46. The van der Waals surface area contributed by atoms with Crippen LogP contribution < -0.4 is 0 Å². The van der Waals surface area contributed by atoms with E-state index < -0.39 is 29.2 Å². The number of rotatable bonds is 7. The van der Waals surface area contributed by atoms with E-state index in [0.29, 0.717) is 43.0 Å². The number of pyridine rings is 1. The number of benzene rings is 1. The van der Waals surface area contributed by atoms with Crippen LogP contribution in [-0.2, 0) is 30.8 Å². The number of aromatic amines is 1. The second kappa shape index (κ2) is 10.8. The standard InChI is InChI=1S/C30H31F2N5O5/c1-4-41-28(38)30(6-7-30)23-15-33-27(34-23)18-12-20(31)25(21(32)13-18)26-22(37-8-5-17(2)11-24(37)35-26)14-19-16-36(9-10-42-19)29(39)40-3/h5,8,11-13,15,19H,4,6-7,9-10,14,16H2,1-3H3,(H,33,34)/t19-/m0/s1. The Kier molecular flexibility index (Phi) is 7.17. The maximum atomic E-state index is 15.8. The van der Waals surface area contributed by atoms with Gasteiger partial charge in [0.1, 0.15) is 28.5 Å². The van der Waals surface area contributed by atoms with E-state index in [2.05, 4.69) is 15.0 Å². The van der Waals surface area contributed by atoms with Crippen LogP contribution in [0.4, 0.5) is 13.6 Å². The second-order valence-corrected chi connectivity index (χ2v) is 10.7. The number of halogens is 2. The third kappa shape index (κ3) is 4.89. The predicted octanol–water partition coefficient (Wildman–Crippen LogP) is 4.58. The highest BCUT2D eigenvalue weighted by molar-refractivity contribution is 5.86. The number of imidazole rings is 2. The fourth-order valence-corrected chi connectivity index (χ4v) is 5.56. The van der Waals surface area contributed by atoms with Gasteiger partial charge in [0, 0.05) is 30.9 Å². The van der Waals surface area contributed by atoms with Gasteiger partial charge >= 0.3 is 12.1 Å². The van der Waals surface area contributed by atoms with Crippen LogP contribution in [-0.4, -0.2) is 75.8 Å². The number of hydrogen-bond donors (Lipinski definition) is 1. The Labute approximate surface area is 240 Å². The van der Waals surface area contributed by atoms with Crippen molar-refractivity contribution in [1.29, 1.82) is 0 Å². The number of aromatic nitrogens is 4. The van der Waals surface area contributed by atoms with Crippen molar-refractivity contribution in [1.82, 2.24) is 24.3 Å². The molecule has 0 radical (unpaired) electrons. The van der Waals surface area contributed by atoms with E-state index in [-0.39, 0.29) is 48.2 Å². The summed E-state index contributed by atoms with van der Waals surface area (Å²) in [5.74, 6) is -1.72. The molecule has 0 bridgehead atoms. The molecule has 4 heterocycles. The molecule has 220 valence electrons. The van der Waals surface area contributed by atoms with Crippen molar-refractivity contribution < 1.29 is 32.6 Å². The zero-order valence-electron chi connectivity index (χ0n) is 23.6. The number of ether oxygens (including phenoxy) is 3. The second-order valence-electron chi connectivity index (χ2n) is 10.7. The number of fused-ring (bicyclic) bond motifs is 1. The van der Waals surface area contributed by atoms with E-state index >= 15 is 8.78 Å². The minimum atomic E-state index is -0.810. The Balaban J connectivity index is 1.36. The number of aryl methyl sites for hydroxylation is 1. The number of H-pyrrole nitrogens is 1. The molecule has 1 aliphatic carbocycles. The van der Waals surface area contributed by atoms with Crippen LogP contribution in [0.2, 0.25) is 0 Å². The van der Waals surface area contributed by atoms with E-state index in [1.54, 1.807) is 22.4 Å². The van der Waals surface area contributed by atoms with Crippen molar-refractivity contribution in [2.75, 3.05) is 33.4 Å². The fourth-order valence-electron chi connectivity index (χ4n) is 5.56. The first-order valence-electron chi connectivity index (χ1n) is 13.9. The lowest BCUT2D eigenvalue weighted by atomic mass is 10.0. The number of carbonyl (C=O) groups is 2. The first kappa shape index (κ1) is 27.8. The molecule has 1 amide bonds. The molecule has 6 rings (SSSR count). The van der Waals surface area contributed by atoms with Gasteiger partial charge in [-0.1, -0.05) is 0 Å². The molecule has 1 saturated heterocycles. The highest BCUT2D eigenvalue weighted by Crippen LogP contribution is 2.49. The van der Waals surface area contributed by atoms with E-state index in [1.807, 2.05) is 25.3 Å². The van der Waals surface area contributed by atoms with Gasteiger partial charge < -0.3 is 28.5 Å². The van der Waals surface area contributed by atoms with Crippen molar-refractivity contribution in [3.8, 4) is 22.6 Å². The molecule has 4 aromatic rings. The fraction of sp³-hybridized carbons (Fsp3) is 0.400. The number of amides is 1. The van der Waals surface area contributed by atoms with Gasteiger partial charge in [-0.15, -0.1) is 0 Å². The number of hydrogen-bond acceptors (Lipinski definition) is 7. The largest absolute Gasteiger partial charge is 0.465 e. The first-order chi connectivity index (χ1) is 20.2. The molecule has 1 aliphatic heterocycles. The Morgan fingerprint density at radius 2 is 1.95 bits per heavy atom. The van der Waals surface area contributed by atoms with Gasteiger partial charge in [0.25, 0.3) is 0 Å². The van der Waals surface area contributed by atoms with Gasteiger partial charge in [0.05, 0.1) is 55.6 Å². The van der Waals surface area contributed by atoms with Crippen molar-refractivity contribution in [3.63, 3.8) is 0 Å². The van der Waals surface area contributed by atoms with Gasteiger partial charge in [0.2, 0.25) is 0 Å². The highest BCUT2D eigenvalue weighted by Gasteiger charge is 2.54. The Morgan fingerprint density at radius 1 is 1.19 bits per heavy atom. The molecule has 3 aromatic heterocycles. The van der Waals surface area contributed by atoms with Crippen LogP contribution in [0.1, 0.15) is 36.7 Å². The van der Waals surface area contributed by atoms with Crippen LogP contribution in [0.15, 0.2) is 36.7 Å². The molecule has 1 aromatic carbocycles. The van der Waals surface area contributed by atoms with Crippen molar-refractivity contribution in [2.24, 2.45) is 0 Å². The summed E-state index contributed by atoms with van der Waals surface area (Å²) in [6.45, 7) is 4.88. The summed E-state index contributed by atoms with van der Waals surface area (Å²) in [6, 6.07) is 6.14. The van der Waals surface area contributed by atoms with Crippen LogP contribution in [0, 0.1) is 18.6 Å². The number of carbonyl (C=O) groups excluding carboxylic acids is 2. The van der Waals surface area contributed by atoms with E-state index in [1.165, 1.54) is 19.2 Å². The normalized spacial score (nSPS) is 17.8. The molecular weight excluding hydrogens is 548 g/mol. The third-order valence-electron chi connectivity index (χ3n) is 7.91. The van der Waals surface area contributed by atoms with Gasteiger partial charge in [-0.05, 0) is 56.5 Å². The maximum Gasteiger partial charge on any atom is 0.409 e. The Bertz CT molecular complexity index is 1650. The summed E-state index contributed by atoms with van der Waals surface area (Å²) in [6.07, 6.45) is 3.98. The summed E-state index contributed by atoms with van der Waals surface area (Å²) < 4.78 is 49.5. The van der Waals surface area contributed by atoms with E-state index in [4.69, 9.17) is 14.2 Å². The average Bonchev–Trinajstić information content (AvgIpc) is 3.51. The van der Waals surface area contributed by atoms with Crippen molar-refractivity contribution in [2.45, 2.75) is 44.6 Å². The first-order valence-corrected chi connectivity index (χ1v) is 13.9. The molecule has 10 nitrogen and oxygen atoms in total. The number of methoxy groups -OCH3 is 1. The van der Waals surface area contributed by atoms with Gasteiger partial charge in [-0.3, -0.25) is 4.79 Å². The smallest absolute Gasteiger partial charge is 0.409 e. The van der Waals surface area contributed by atoms with Gasteiger partial charge in [0.15, 0.2) is 0 Å². The van der Waals surface area contributed by atoms with Crippen molar-refractivity contribution in [3.05, 3.63) is 65.2 Å². The summed E-state index contributed by atoms with van der Waals surface area (Å²) >= 11 is 0. The minimum absolute atomic E-state index is 0.153. The lowest BCUT2D eigenvalue weighted by Gasteiger charge is -2.32.